The fourth-order valence-electron chi connectivity index (χ4n) is 2.31. The Morgan fingerprint density at radius 3 is 2.38 bits per heavy atom. The van der Waals surface area contributed by atoms with Crippen LogP contribution in [0.2, 0.25) is 0 Å². The summed E-state index contributed by atoms with van der Waals surface area (Å²) in [7, 11) is 3.25. The number of nitrogens with zero attached hydrogens (tertiary/aromatic N) is 2. The summed E-state index contributed by atoms with van der Waals surface area (Å²) in [5.41, 5.74) is 1.96. The maximum Gasteiger partial charge on any atom is 0.228 e. The third-order valence-corrected chi connectivity index (χ3v) is 4.67. The molecule has 1 aromatic heterocycles. The van der Waals surface area contributed by atoms with E-state index in [-0.39, 0.29) is 12.3 Å². The molecule has 0 radical (unpaired) electrons. The fraction of sp³-hybridized carbons (Fsp3) is 0.474. The van der Waals surface area contributed by atoms with Crippen LogP contribution >= 0.6 is 11.3 Å². The van der Waals surface area contributed by atoms with Crippen LogP contribution in [-0.2, 0) is 27.3 Å². The van der Waals surface area contributed by atoms with Gasteiger partial charge in [-0.2, -0.15) is 0 Å². The van der Waals surface area contributed by atoms with Gasteiger partial charge in [0, 0.05) is 32.7 Å². The van der Waals surface area contributed by atoms with Gasteiger partial charge in [-0.1, -0.05) is 17.7 Å². The summed E-state index contributed by atoms with van der Waals surface area (Å²) in [5.74, 6) is 0.837. The van der Waals surface area contributed by atoms with Crippen LogP contribution in [0.5, 0.6) is 5.75 Å². The molecule has 7 heteroatoms. The summed E-state index contributed by atoms with van der Waals surface area (Å²) in [4.78, 5) is 18.7. The number of hydrogen-bond donors (Lipinski definition) is 0. The second-order valence-corrected chi connectivity index (χ2v) is 6.82. The highest BCUT2D eigenvalue weighted by atomic mass is 32.1. The van der Waals surface area contributed by atoms with E-state index in [1.165, 1.54) is 16.9 Å². The van der Waals surface area contributed by atoms with Crippen molar-refractivity contribution in [2.45, 2.75) is 20.0 Å². The molecule has 0 saturated carbocycles. The van der Waals surface area contributed by atoms with Crippen molar-refractivity contribution in [2.24, 2.45) is 0 Å². The molecule has 0 aliphatic heterocycles. The lowest BCUT2D eigenvalue weighted by atomic mass is 10.2. The van der Waals surface area contributed by atoms with Crippen molar-refractivity contribution in [2.75, 3.05) is 40.5 Å². The minimum Gasteiger partial charge on any atom is -0.486 e. The number of aromatic nitrogens is 1. The van der Waals surface area contributed by atoms with Crippen molar-refractivity contribution in [3.05, 3.63) is 45.9 Å². The first-order chi connectivity index (χ1) is 12.6. The molecule has 0 atom stereocenters. The van der Waals surface area contributed by atoms with Crippen LogP contribution in [0.3, 0.4) is 0 Å². The van der Waals surface area contributed by atoms with Crippen molar-refractivity contribution in [1.29, 1.82) is 0 Å². The van der Waals surface area contributed by atoms with E-state index in [0.717, 1.165) is 16.5 Å². The molecule has 1 aromatic carbocycles. The zero-order valence-corrected chi connectivity index (χ0v) is 16.4. The highest BCUT2D eigenvalue weighted by Crippen LogP contribution is 2.16. The monoisotopic (exact) mass is 378 g/mol. The van der Waals surface area contributed by atoms with Crippen molar-refractivity contribution in [1.82, 2.24) is 9.88 Å². The van der Waals surface area contributed by atoms with Gasteiger partial charge in [-0.25, -0.2) is 4.98 Å². The molecule has 26 heavy (non-hydrogen) atoms. The number of ether oxygens (including phenoxy) is 3. The molecular weight excluding hydrogens is 352 g/mol. The van der Waals surface area contributed by atoms with E-state index in [0.29, 0.717) is 32.9 Å². The molecule has 0 aliphatic carbocycles. The lowest BCUT2D eigenvalue weighted by molar-refractivity contribution is -0.131. The second-order valence-electron chi connectivity index (χ2n) is 5.88. The molecule has 0 unspecified atom stereocenters. The summed E-state index contributed by atoms with van der Waals surface area (Å²) in [6.45, 7) is 4.54. The summed E-state index contributed by atoms with van der Waals surface area (Å²) in [5, 5.41) is 2.77. The molecule has 1 heterocycles. The minimum absolute atomic E-state index is 0.0235. The number of amides is 1. The van der Waals surface area contributed by atoms with Crippen LogP contribution in [0.4, 0.5) is 0 Å². The zero-order chi connectivity index (χ0) is 18.8. The van der Waals surface area contributed by atoms with Crippen molar-refractivity contribution < 1.29 is 19.0 Å². The van der Waals surface area contributed by atoms with Crippen molar-refractivity contribution in [3.63, 3.8) is 0 Å². The van der Waals surface area contributed by atoms with Gasteiger partial charge < -0.3 is 19.1 Å². The van der Waals surface area contributed by atoms with Crippen LogP contribution in [0.25, 0.3) is 0 Å². The lowest BCUT2D eigenvalue weighted by Gasteiger charge is -2.21. The predicted molar refractivity (Wildman–Crippen MR) is 102 cm³/mol. The first kappa shape index (κ1) is 20.4. The largest absolute Gasteiger partial charge is 0.486 e. The molecule has 6 nitrogen and oxygen atoms in total. The van der Waals surface area contributed by atoms with Gasteiger partial charge in [-0.05, 0) is 19.1 Å². The van der Waals surface area contributed by atoms with Gasteiger partial charge in [-0.3, -0.25) is 4.79 Å². The summed E-state index contributed by atoms with van der Waals surface area (Å²) < 4.78 is 15.9. The Kier molecular flexibility index (Phi) is 8.53. The van der Waals surface area contributed by atoms with Crippen molar-refractivity contribution in [3.8, 4) is 5.75 Å². The predicted octanol–water partition coefficient (Wildman–Crippen LogP) is 2.69. The van der Waals surface area contributed by atoms with Gasteiger partial charge in [0.15, 0.2) is 0 Å². The average Bonchev–Trinajstić information content (AvgIpc) is 3.08. The molecule has 0 N–H and O–H groups in total. The second kappa shape index (κ2) is 10.9. The molecule has 0 saturated heterocycles. The fourth-order valence-corrected chi connectivity index (χ4v) is 3.01. The van der Waals surface area contributed by atoms with E-state index in [2.05, 4.69) is 4.98 Å². The van der Waals surface area contributed by atoms with E-state index in [9.17, 15) is 4.79 Å². The quantitative estimate of drug-likeness (QED) is 0.602. The molecule has 1 amide bonds. The van der Waals surface area contributed by atoms with E-state index >= 15 is 0 Å². The SMILES string of the molecule is COCCN(CCOC)C(=O)Cc1csc(COc2ccc(C)cc2)n1. The van der Waals surface area contributed by atoms with Gasteiger partial charge in [0.1, 0.15) is 17.4 Å². The molecule has 0 spiro atoms. The molecular formula is C19H26N2O4S. The van der Waals surface area contributed by atoms with Crippen molar-refractivity contribution >= 4 is 17.2 Å². The Morgan fingerprint density at radius 1 is 1.12 bits per heavy atom. The number of methoxy groups -OCH3 is 2. The van der Waals surface area contributed by atoms with Crippen LogP contribution in [0.1, 0.15) is 16.3 Å². The Balaban J connectivity index is 1.86. The Labute approximate surface area is 158 Å². The third-order valence-electron chi connectivity index (χ3n) is 3.80. The average molecular weight is 378 g/mol. The van der Waals surface area contributed by atoms with Crippen LogP contribution in [0.15, 0.2) is 29.6 Å². The number of hydrogen-bond acceptors (Lipinski definition) is 6. The van der Waals surface area contributed by atoms with Crippen LogP contribution < -0.4 is 4.74 Å². The highest BCUT2D eigenvalue weighted by molar-refractivity contribution is 7.09. The summed E-state index contributed by atoms with van der Waals surface area (Å²) in [6.07, 6.45) is 0.272. The van der Waals surface area contributed by atoms with E-state index < -0.39 is 0 Å². The normalized spacial score (nSPS) is 10.7. The number of carbonyl (C=O) groups excluding carboxylic acids is 1. The van der Waals surface area contributed by atoms with Gasteiger partial charge in [0.2, 0.25) is 5.91 Å². The summed E-state index contributed by atoms with van der Waals surface area (Å²) in [6, 6.07) is 7.90. The maximum atomic E-state index is 12.5. The molecule has 0 fully saturated rings. The third kappa shape index (κ3) is 6.74. The Bertz CT molecular complexity index is 664. The topological polar surface area (TPSA) is 60.9 Å². The van der Waals surface area contributed by atoms with E-state index in [1.54, 1.807) is 19.1 Å². The Morgan fingerprint density at radius 2 is 1.77 bits per heavy atom. The molecule has 0 aliphatic rings. The minimum atomic E-state index is 0.0235. The number of benzene rings is 1. The molecule has 142 valence electrons. The summed E-state index contributed by atoms with van der Waals surface area (Å²) >= 11 is 1.51. The molecule has 2 rings (SSSR count). The molecule has 0 bridgehead atoms. The van der Waals surface area contributed by atoms with Crippen LogP contribution in [0, 0.1) is 6.92 Å². The smallest absolute Gasteiger partial charge is 0.228 e. The first-order valence-corrected chi connectivity index (χ1v) is 9.38. The van der Waals surface area contributed by atoms with Gasteiger partial charge >= 0.3 is 0 Å². The Hall–Kier alpha value is -1.96. The lowest BCUT2D eigenvalue weighted by Crippen LogP contribution is -2.37. The van der Waals surface area contributed by atoms with Gasteiger partial charge in [0.05, 0.1) is 25.3 Å². The van der Waals surface area contributed by atoms with Gasteiger partial charge in [0.25, 0.3) is 0 Å². The highest BCUT2D eigenvalue weighted by Gasteiger charge is 2.15. The number of rotatable bonds is 11. The van der Waals surface area contributed by atoms with E-state index in [1.807, 2.05) is 36.6 Å². The van der Waals surface area contributed by atoms with Gasteiger partial charge in [-0.15, -0.1) is 11.3 Å². The molecule has 2 aromatic rings. The van der Waals surface area contributed by atoms with Crippen LogP contribution in [-0.4, -0.2) is 56.3 Å². The zero-order valence-electron chi connectivity index (χ0n) is 15.6. The van der Waals surface area contributed by atoms with E-state index in [4.69, 9.17) is 14.2 Å². The standard InChI is InChI=1S/C19H26N2O4S/c1-15-4-6-17(7-5-15)25-13-18-20-16(14-26-18)12-19(22)21(8-10-23-2)9-11-24-3/h4-7,14H,8-13H2,1-3H3. The number of thiazole rings is 1. The maximum absolute atomic E-state index is 12.5. The number of aryl methyl sites for hydroxylation is 1. The number of carbonyl (C=O) groups is 1. The first-order valence-electron chi connectivity index (χ1n) is 8.50.